The zero-order valence-corrected chi connectivity index (χ0v) is 9.34. The maximum Gasteiger partial charge on any atom is 0.0195 e. The summed E-state index contributed by atoms with van der Waals surface area (Å²) in [4.78, 5) is 5.08. The fourth-order valence-corrected chi connectivity index (χ4v) is 2.51. The molecule has 14 heavy (non-hydrogen) atoms. The van der Waals surface area contributed by atoms with Crippen molar-refractivity contribution in [3.05, 3.63) is 0 Å². The molecule has 82 valence electrons. The van der Waals surface area contributed by atoms with Crippen molar-refractivity contribution in [1.29, 1.82) is 0 Å². The third kappa shape index (κ3) is 2.94. The molecule has 0 bridgehead atoms. The summed E-state index contributed by atoms with van der Waals surface area (Å²) < 4.78 is 0. The van der Waals surface area contributed by atoms with E-state index in [9.17, 15) is 0 Å². The summed E-state index contributed by atoms with van der Waals surface area (Å²) in [5.74, 6) is 0. The van der Waals surface area contributed by atoms with Crippen LogP contribution in [0.3, 0.4) is 0 Å². The van der Waals surface area contributed by atoms with Crippen LogP contribution in [0.4, 0.5) is 0 Å². The van der Waals surface area contributed by atoms with Crippen LogP contribution < -0.4 is 5.32 Å². The lowest BCUT2D eigenvalue weighted by Gasteiger charge is -2.23. The Hall–Kier alpha value is -0.120. The number of nitrogens with one attached hydrogen (secondary N) is 1. The van der Waals surface area contributed by atoms with Crippen molar-refractivity contribution in [2.24, 2.45) is 0 Å². The van der Waals surface area contributed by atoms with E-state index in [-0.39, 0.29) is 0 Å². The monoisotopic (exact) mass is 197 g/mol. The third-order valence-electron chi connectivity index (χ3n) is 3.45. The van der Waals surface area contributed by atoms with Crippen molar-refractivity contribution >= 4 is 0 Å². The van der Waals surface area contributed by atoms with Crippen molar-refractivity contribution in [1.82, 2.24) is 15.1 Å². The maximum atomic E-state index is 3.58. The van der Waals surface area contributed by atoms with Gasteiger partial charge >= 0.3 is 0 Å². The normalized spacial score (nSPS) is 31.9. The van der Waals surface area contributed by atoms with E-state index in [0.717, 1.165) is 6.04 Å². The van der Waals surface area contributed by atoms with Crippen LogP contribution in [0.2, 0.25) is 0 Å². The van der Waals surface area contributed by atoms with Gasteiger partial charge in [-0.05, 0) is 45.9 Å². The SMILES string of the molecule is CN1CCCN(CC2CCCN2)CC1. The van der Waals surface area contributed by atoms with Gasteiger partial charge in [0.2, 0.25) is 0 Å². The minimum Gasteiger partial charge on any atom is -0.313 e. The topological polar surface area (TPSA) is 18.5 Å². The Kier molecular flexibility index (Phi) is 3.79. The third-order valence-corrected chi connectivity index (χ3v) is 3.45. The smallest absolute Gasteiger partial charge is 0.0195 e. The fraction of sp³-hybridized carbons (Fsp3) is 1.00. The van der Waals surface area contributed by atoms with E-state index in [1.807, 2.05) is 0 Å². The second kappa shape index (κ2) is 5.10. The van der Waals surface area contributed by atoms with Crippen molar-refractivity contribution in [3.63, 3.8) is 0 Å². The summed E-state index contributed by atoms with van der Waals surface area (Å²) in [6.45, 7) is 7.57. The van der Waals surface area contributed by atoms with E-state index in [4.69, 9.17) is 0 Å². The molecule has 1 N–H and O–H groups in total. The van der Waals surface area contributed by atoms with Crippen molar-refractivity contribution in [2.45, 2.75) is 25.3 Å². The molecular formula is C11H23N3. The highest BCUT2D eigenvalue weighted by Crippen LogP contribution is 2.08. The molecule has 0 aromatic carbocycles. The molecule has 0 aromatic heterocycles. The van der Waals surface area contributed by atoms with Gasteiger partial charge in [-0.25, -0.2) is 0 Å². The number of rotatable bonds is 2. The lowest BCUT2D eigenvalue weighted by atomic mass is 10.2. The number of nitrogens with zero attached hydrogens (tertiary/aromatic N) is 2. The van der Waals surface area contributed by atoms with Crippen LogP contribution >= 0.6 is 0 Å². The summed E-state index contributed by atoms with van der Waals surface area (Å²) >= 11 is 0. The van der Waals surface area contributed by atoms with Crippen molar-refractivity contribution < 1.29 is 0 Å². The van der Waals surface area contributed by atoms with Crippen molar-refractivity contribution in [3.8, 4) is 0 Å². The Labute approximate surface area is 87.4 Å². The van der Waals surface area contributed by atoms with Crippen LogP contribution in [0.25, 0.3) is 0 Å². The summed E-state index contributed by atoms with van der Waals surface area (Å²) in [6, 6.07) is 0.776. The first-order valence-electron chi connectivity index (χ1n) is 5.99. The van der Waals surface area contributed by atoms with Gasteiger partial charge in [-0.3, -0.25) is 0 Å². The van der Waals surface area contributed by atoms with Gasteiger partial charge in [-0.15, -0.1) is 0 Å². The lowest BCUT2D eigenvalue weighted by molar-refractivity contribution is 0.254. The summed E-state index contributed by atoms with van der Waals surface area (Å²) in [7, 11) is 2.23. The standard InChI is InChI=1S/C11H23N3/c1-13-6-3-7-14(9-8-13)10-11-4-2-5-12-11/h11-12H,2-10H2,1H3. The van der Waals surface area contributed by atoms with Gasteiger partial charge < -0.3 is 15.1 Å². The molecule has 1 atom stereocenters. The average Bonchev–Trinajstić information content (AvgIpc) is 2.58. The predicted molar refractivity (Wildman–Crippen MR) is 59.6 cm³/mol. The Balaban J connectivity index is 1.73. The molecule has 2 fully saturated rings. The second-order valence-electron chi connectivity index (χ2n) is 4.75. The number of likely N-dealkylation sites (N-methyl/N-ethyl adjacent to an activating group) is 1. The Morgan fingerprint density at radius 2 is 2.07 bits per heavy atom. The Morgan fingerprint density at radius 3 is 2.86 bits per heavy atom. The first-order chi connectivity index (χ1) is 6.84. The maximum absolute atomic E-state index is 3.58. The first kappa shape index (κ1) is 10.4. The molecule has 2 aliphatic heterocycles. The molecule has 0 radical (unpaired) electrons. The Bertz CT molecular complexity index is 166. The van der Waals surface area contributed by atoms with E-state index in [0.29, 0.717) is 0 Å². The van der Waals surface area contributed by atoms with Crippen LogP contribution in [0.1, 0.15) is 19.3 Å². The van der Waals surface area contributed by atoms with Crippen LogP contribution in [0.15, 0.2) is 0 Å². The predicted octanol–water partition coefficient (Wildman–Crippen LogP) is 0.376. The number of hydrogen-bond donors (Lipinski definition) is 1. The van der Waals surface area contributed by atoms with Gasteiger partial charge in [0.25, 0.3) is 0 Å². The number of hydrogen-bond acceptors (Lipinski definition) is 3. The molecular weight excluding hydrogens is 174 g/mol. The van der Waals surface area contributed by atoms with Gasteiger partial charge in [0.1, 0.15) is 0 Å². The molecule has 0 aliphatic carbocycles. The summed E-state index contributed by atoms with van der Waals surface area (Å²) in [6.07, 6.45) is 4.09. The second-order valence-corrected chi connectivity index (χ2v) is 4.75. The van der Waals surface area contributed by atoms with E-state index >= 15 is 0 Å². The van der Waals surface area contributed by atoms with E-state index in [2.05, 4.69) is 22.2 Å². The highest BCUT2D eigenvalue weighted by Gasteiger charge is 2.19. The molecule has 0 amide bonds. The minimum absolute atomic E-state index is 0.776. The Morgan fingerprint density at radius 1 is 1.14 bits per heavy atom. The van der Waals surface area contributed by atoms with Crippen LogP contribution in [0.5, 0.6) is 0 Å². The lowest BCUT2D eigenvalue weighted by Crippen LogP contribution is -2.39. The van der Waals surface area contributed by atoms with Gasteiger partial charge in [0.15, 0.2) is 0 Å². The zero-order valence-electron chi connectivity index (χ0n) is 9.34. The quantitative estimate of drug-likeness (QED) is 0.690. The fourth-order valence-electron chi connectivity index (χ4n) is 2.51. The molecule has 0 spiro atoms. The molecule has 2 aliphatic rings. The van der Waals surface area contributed by atoms with Crippen LogP contribution in [-0.2, 0) is 0 Å². The highest BCUT2D eigenvalue weighted by molar-refractivity contribution is 4.79. The van der Waals surface area contributed by atoms with E-state index in [1.54, 1.807) is 0 Å². The molecule has 2 saturated heterocycles. The molecule has 3 heteroatoms. The van der Waals surface area contributed by atoms with Gasteiger partial charge in [0, 0.05) is 25.7 Å². The van der Waals surface area contributed by atoms with Crippen molar-refractivity contribution in [2.75, 3.05) is 46.3 Å². The average molecular weight is 197 g/mol. The van der Waals surface area contributed by atoms with Gasteiger partial charge in [-0.1, -0.05) is 0 Å². The molecule has 1 unspecified atom stereocenters. The van der Waals surface area contributed by atoms with Gasteiger partial charge in [-0.2, -0.15) is 0 Å². The summed E-state index contributed by atoms with van der Waals surface area (Å²) in [5, 5.41) is 3.58. The molecule has 0 aromatic rings. The largest absolute Gasteiger partial charge is 0.313 e. The molecule has 0 saturated carbocycles. The molecule has 2 rings (SSSR count). The van der Waals surface area contributed by atoms with Crippen LogP contribution in [-0.4, -0.2) is 62.2 Å². The van der Waals surface area contributed by atoms with Gasteiger partial charge in [0.05, 0.1) is 0 Å². The molecule has 3 nitrogen and oxygen atoms in total. The minimum atomic E-state index is 0.776. The molecule has 2 heterocycles. The highest BCUT2D eigenvalue weighted by atomic mass is 15.2. The zero-order chi connectivity index (χ0) is 9.80. The first-order valence-corrected chi connectivity index (χ1v) is 5.99. The summed E-state index contributed by atoms with van der Waals surface area (Å²) in [5.41, 5.74) is 0. The van der Waals surface area contributed by atoms with E-state index < -0.39 is 0 Å². The van der Waals surface area contributed by atoms with Crippen LogP contribution in [0, 0.1) is 0 Å². The van der Waals surface area contributed by atoms with E-state index in [1.165, 1.54) is 58.5 Å².